The number of carbonyl (C=O) groups is 1. The second-order valence-electron chi connectivity index (χ2n) is 8.47. The summed E-state index contributed by atoms with van der Waals surface area (Å²) >= 11 is 1.60. The number of aryl methyl sites for hydroxylation is 1. The number of amides is 1. The van der Waals surface area contributed by atoms with Crippen molar-refractivity contribution in [2.75, 3.05) is 0 Å². The Labute approximate surface area is 162 Å². The first kappa shape index (κ1) is 19.8. The fraction of sp³-hybridized carbons (Fsp3) is 0.810. The maximum Gasteiger partial charge on any atom is 0.233 e. The van der Waals surface area contributed by atoms with Gasteiger partial charge in [0.2, 0.25) is 5.91 Å². The summed E-state index contributed by atoms with van der Waals surface area (Å²) in [4.78, 5) is 17.5. The van der Waals surface area contributed by atoms with Crippen LogP contribution >= 0.6 is 11.8 Å². The van der Waals surface area contributed by atoms with Crippen molar-refractivity contribution in [3.63, 3.8) is 0 Å². The van der Waals surface area contributed by atoms with E-state index in [1.165, 1.54) is 31.4 Å². The number of carbonyl (C=O) groups excluding carboxylic acids is 1. The van der Waals surface area contributed by atoms with Gasteiger partial charge >= 0.3 is 0 Å². The predicted molar refractivity (Wildman–Crippen MR) is 108 cm³/mol. The molecule has 2 aliphatic rings. The summed E-state index contributed by atoms with van der Waals surface area (Å²) in [5, 5.41) is 4.19. The molecule has 5 heteroatoms. The maximum absolute atomic E-state index is 12.8. The quantitative estimate of drug-likeness (QED) is 0.667. The molecule has 0 aliphatic heterocycles. The summed E-state index contributed by atoms with van der Waals surface area (Å²) < 4.78 is 2.28. The van der Waals surface area contributed by atoms with E-state index in [1.807, 2.05) is 6.92 Å². The van der Waals surface area contributed by atoms with Gasteiger partial charge in [-0.25, -0.2) is 4.98 Å². The van der Waals surface area contributed by atoms with E-state index in [0.717, 1.165) is 42.1 Å². The predicted octanol–water partition coefficient (Wildman–Crippen LogP) is 4.72. The average Bonchev–Trinajstić information content (AvgIpc) is 3.30. The van der Waals surface area contributed by atoms with Gasteiger partial charge in [-0.1, -0.05) is 31.5 Å². The van der Waals surface area contributed by atoms with Gasteiger partial charge in [-0.15, -0.1) is 0 Å². The lowest BCUT2D eigenvalue weighted by molar-refractivity contribution is -0.121. The monoisotopic (exact) mass is 377 g/mol. The van der Waals surface area contributed by atoms with Gasteiger partial charge in [0.05, 0.1) is 10.9 Å². The highest BCUT2D eigenvalue weighted by molar-refractivity contribution is 8.00. The first-order valence-corrected chi connectivity index (χ1v) is 11.3. The molecular weight excluding hydrogens is 342 g/mol. The first-order valence-electron chi connectivity index (χ1n) is 10.4. The molecule has 0 aromatic carbocycles. The standard InChI is InChI=1S/C21H35N3OS/c1-6-7-10-24-15(4)13(2)23-21(24)26-16(5)20(25)22-14(3)19-12-17-8-9-18(19)11-17/h14,16-19H,6-12H2,1-5H3,(H,22,25). The zero-order valence-corrected chi connectivity index (χ0v) is 17.9. The summed E-state index contributed by atoms with van der Waals surface area (Å²) in [6.45, 7) is 11.6. The van der Waals surface area contributed by atoms with Crippen LogP contribution in [0.2, 0.25) is 0 Å². The Bertz CT molecular complexity index is 641. The zero-order valence-electron chi connectivity index (χ0n) is 17.0. The zero-order chi connectivity index (χ0) is 18.8. The largest absolute Gasteiger partial charge is 0.352 e. The van der Waals surface area contributed by atoms with Crippen LogP contribution in [-0.4, -0.2) is 26.8 Å². The third-order valence-corrected chi connectivity index (χ3v) is 7.70. The van der Waals surface area contributed by atoms with Crippen molar-refractivity contribution in [3.8, 4) is 0 Å². The molecular formula is C21H35N3OS. The van der Waals surface area contributed by atoms with Crippen LogP contribution in [0.3, 0.4) is 0 Å². The SMILES string of the molecule is CCCCn1c(SC(C)C(=O)NC(C)C2CC3CCC2C3)nc(C)c1C. The van der Waals surface area contributed by atoms with E-state index in [2.05, 4.69) is 37.6 Å². The fourth-order valence-electron chi connectivity index (χ4n) is 4.86. The lowest BCUT2D eigenvalue weighted by Crippen LogP contribution is -2.43. The molecule has 4 nitrogen and oxygen atoms in total. The molecule has 2 bridgehead atoms. The molecule has 2 saturated carbocycles. The van der Waals surface area contributed by atoms with Crippen LogP contribution in [0.5, 0.6) is 0 Å². The minimum absolute atomic E-state index is 0.113. The highest BCUT2D eigenvalue weighted by Gasteiger charge is 2.42. The van der Waals surface area contributed by atoms with Crippen molar-refractivity contribution in [2.45, 2.75) is 96.1 Å². The van der Waals surface area contributed by atoms with Crippen molar-refractivity contribution < 1.29 is 4.79 Å². The van der Waals surface area contributed by atoms with Gasteiger partial charge in [-0.2, -0.15) is 0 Å². The number of fused-ring (bicyclic) bond motifs is 2. The number of nitrogens with zero attached hydrogens (tertiary/aromatic N) is 2. The molecule has 1 aromatic heterocycles. The van der Waals surface area contributed by atoms with Crippen molar-refractivity contribution in [1.82, 2.24) is 14.9 Å². The van der Waals surface area contributed by atoms with Crippen molar-refractivity contribution >= 4 is 17.7 Å². The summed E-state index contributed by atoms with van der Waals surface area (Å²) in [5.41, 5.74) is 2.30. The van der Waals surface area contributed by atoms with Gasteiger partial charge in [-0.3, -0.25) is 4.79 Å². The number of thioether (sulfide) groups is 1. The van der Waals surface area contributed by atoms with Crippen molar-refractivity contribution in [2.24, 2.45) is 17.8 Å². The fourth-order valence-corrected chi connectivity index (χ4v) is 5.90. The summed E-state index contributed by atoms with van der Waals surface area (Å²) in [6, 6.07) is 0.296. The van der Waals surface area contributed by atoms with Crippen LogP contribution in [0.4, 0.5) is 0 Å². The van der Waals surface area contributed by atoms with Gasteiger partial charge < -0.3 is 9.88 Å². The smallest absolute Gasteiger partial charge is 0.233 e. The molecule has 5 atom stereocenters. The Balaban J connectivity index is 1.58. The molecule has 1 N–H and O–H groups in total. The van der Waals surface area contributed by atoms with Gasteiger partial charge in [0, 0.05) is 18.3 Å². The Hall–Kier alpha value is -0.970. The number of imidazole rings is 1. The number of hydrogen-bond acceptors (Lipinski definition) is 3. The number of hydrogen-bond donors (Lipinski definition) is 1. The molecule has 3 rings (SSSR count). The van der Waals surface area contributed by atoms with Gasteiger partial charge in [0.15, 0.2) is 5.16 Å². The van der Waals surface area contributed by atoms with Crippen LogP contribution in [0.1, 0.15) is 70.7 Å². The second kappa shape index (κ2) is 8.37. The van der Waals surface area contributed by atoms with E-state index in [1.54, 1.807) is 11.8 Å². The number of unbranched alkanes of at least 4 members (excludes halogenated alkanes) is 1. The summed E-state index contributed by atoms with van der Waals surface area (Å²) in [5.74, 6) is 2.61. The van der Waals surface area contributed by atoms with Crippen molar-refractivity contribution in [1.29, 1.82) is 0 Å². The summed E-state index contributed by atoms with van der Waals surface area (Å²) in [7, 11) is 0. The average molecular weight is 378 g/mol. The van der Waals surface area contributed by atoms with Gasteiger partial charge in [-0.05, 0) is 71.1 Å². The molecule has 2 aliphatic carbocycles. The highest BCUT2D eigenvalue weighted by atomic mass is 32.2. The number of aromatic nitrogens is 2. The molecule has 2 fully saturated rings. The molecule has 5 unspecified atom stereocenters. The minimum atomic E-state index is -0.113. The van der Waals surface area contributed by atoms with E-state index in [9.17, 15) is 4.79 Å². The number of nitrogens with one attached hydrogen (secondary N) is 1. The Morgan fingerprint density at radius 1 is 1.31 bits per heavy atom. The van der Waals surface area contributed by atoms with Gasteiger partial charge in [0.1, 0.15) is 0 Å². The minimum Gasteiger partial charge on any atom is -0.352 e. The van der Waals surface area contributed by atoms with Crippen molar-refractivity contribution in [3.05, 3.63) is 11.4 Å². The molecule has 0 saturated heterocycles. The van der Waals surface area contributed by atoms with E-state index >= 15 is 0 Å². The van der Waals surface area contributed by atoms with E-state index < -0.39 is 0 Å². The Morgan fingerprint density at radius 3 is 2.69 bits per heavy atom. The lowest BCUT2D eigenvalue weighted by Gasteiger charge is -2.29. The van der Waals surface area contributed by atoms with Crippen LogP contribution in [0, 0.1) is 31.6 Å². The van der Waals surface area contributed by atoms with Crippen LogP contribution in [-0.2, 0) is 11.3 Å². The molecule has 1 amide bonds. The molecule has 146 valence electrons. The maximum atomic E-state index is 12.8. The molecule has 0 spiro atoms. The third kappa shape index (κ3) is 4.13. The molecule has 1 aromatic rings. The first-order chi connectivity index (χ1) is 12.4. The topological polar surface area (TPSA) is 46.9 Å². The van der Waals surface area contributed by atoms with E-state index in [0.29, 0.717) is 12.0 Å². The van der Waals surface area contributed by atoms with E-state index in [-0.39, 0.29) is 11.2 Å². The molecule has 26 heavy (non-hydrogen) atoms. The normalized spacial score (nSPS) is 26.9. The Morgan fingerprint density at radius 2 is 2.08 bits per heavy atom. The van der Waals surface area contributed by atoms with Crippen LogP contribution in [0.25, 0.3) is 0 Å². The summed E-state index contributed by atoms with van der Waals surface area (Å²) in [6.07, 6.45) is 7.79. The molecule has 1 heterocycles. The lowest BCUT2D eigenvalue weighted by atomic mass is 9.84. The third-order valence-electron chi connectivity index (χ3n) is 6.61. The van der Waals surface area contributed by atoms with E-state index in [4.69, 9.17) is 4.98 Å². The highest BCUT2D eigenvalue weighted by Crippen LogP contribution is 2.49. The second-order valence-corrected chi connectivity index (χ2v) is 9.77. The molecule has 0 radical (unpaired) electrons. The number of rotatable bonds is 8. The van der Waals surface area contributed by atoms with Crippen LogP contribution < -0.4 is 5.32 Å². The van der Waals surface area contributed by atoms with Crippen LogP contribution in [0.15, 0.2) is 5.16 Å². The Kier molecular flexibility index (Phi) is 6.37. The van der Waals surface area contributed by atoms with Gasteiger partial charge in [0.25, 0.3) is 0 Å².